The first-order chi connectivity index (χ1) is 8.88. The van der Waals surface area contributed by atoms with Crippen LogP contribution in [0.15, 0.2) is 6.20 Å². The number of halogens is 3. The molecule has 0 atom stereocenters. The maximum atomic E-state index is 12.8. The SMILES string of the molecule is CCOC(=O)Cc1c(C(F)F)ncc(Cl)c1[N+](=O)[O-]. The van der Waals surface area contributed by atoms with E-state index in [4.69, 9.17) is 11.6 Å². The van der Waals surface area contributed by atoms with Crippen molar-refractivity contribution in [2.45, 2.75) is 19.8 Å². The van der Waals surface area contributed by atoms with E-state index in [0.29, 0.717) is 0 Å². The summed E-state index contributed by atoms with van der Waals surface area (Å²) in [5.74, 6) is -0.864. The Kier molecular flexibility index (Phi) is 5.11. The van der Waals surface area contributed by atoms with Crippen LogP contribution in [0.25, 0.3) is 0 Å². The smallest absolute Gasteiger partial charge is 0.310 e. The molecule has 0 fully saturated rings. The molecule has 6 nitrogen and oxygen atoms in total. The summed E-state index contributed by atoms with van der Waals surface area (Å²) < 4.78 is 30.1. The van der Waals surface area contributed by atoms with Crippen LogP contribution in [-0.2, 0) is 16.0 Å². The van der Waals surface area contributed by atoms with Gasteiger partial charge in [0.15, 0.2) is 0 Å². The number of nitrogens with zero attached hydrogens (tertiary/aromatic N) is 2. The van der Waals surface area contributed by atoms with Crippen molar-refractivity contribution < 1.29 is 23.2 Å². The molecule has 0 aliphatic rings. The van der Waals surface area contributed by atoms with E-state index in [9.17, 15) is 23.7 Å². The summed E-state index contributed by atoms with van der Waals surface area (Å²) in [6.45, 7) is 1.56. The number of pyridine rings is 1. The molecule has 0 spiro atoms. The highest BCUT2D eigenvalue weighted by Crippen LogP contribution is 2.34. The first-order valence-corrected chi connectivity index (χ1v) is 5.51. The molecule has 1 aromatic heterocycles. The molecule has 9 heteroatoms. The van der Waals surface area contributed by atoms with Crippen LogP contribution in [0.4, 0.5) is 14.5 Å². The predicted molar refractivity (Wildman–Crippen MR) is 61.2 cm³/mol. The van der Waals surface area contributed by atoms with Crippen molar-refractivity contribution in [3.05, 3.63) is 32.6 Å². The van der Waals surface area contributed by atoms with Gasteiger partial charge in [0.25, 0.3) is 12.1 Å². The third-order valence-electron chi connectivity index (χ3n) is 2.15. The van der Waals surface area contributed by atoms with Gasteiger partial charge in [0, 0.05) is 0 Å². The van der Waals surface area contributed by atoms with Crippen molar-refractivity contribution in [2.24, 2.45) is 0 Å². The second-order valence-corrected chi connectivity index (χ2v) is 3.77. The number of alkyl halides is 2. The Morgan fingerprint density at radius 2 is 2.26 bits per heavy atom. The number of rotatable bonds is 5. The van der Waals surface area contributed by atoms with Crippen LogP contribution < -0.4 is 0 Å². The molecule has 0 amide bonds. The van der Waals surface area contributed by atoms with Crippen molar-refractivity contribution in [1.29, 1.82) is 0 Å². The van der Waals surface area contributed by atoms with Crippen molar-refractivity contribution >= 4 is 23.3 Å². The Labute approximate surface area is 111 Å². The third-order valence-corrected chi connectivity index (χ3v) is 2.43. The van der Waals surface area contributed by atoms with Crippen LogP contribution in [0.1, 0.15) is 24.6 Å². The Morgan fingerprint density at radius 1 is 1.63 bits per heavy atom. The lowest BCUT2D eigenvalue weighted by Crippen LogP contribution is -2.13. The van der Waals surface area contributed by atoms with Gasteiger partial charge in [-0.15, -0.1) is 0 Å². The number of aromatic nitrogens is 1. The van der Waals surface area contributed by atoms with Gasteiger partial charge in [-0.3, -0.25) is 19.9 Å². The Morgan fingerprint density at radius 3 is 2.74 bits per heavy atom. The highest BCUT2D eigenvalue weighted by molar-refractivity contribution is 6.32. The number of esters is 1. The van der Waals surface area contributed by atoms with Gasteiger partial charge in [-0.2, -0.15) is 0 Å². The number of hydrogen-bond acceptors (Lipinski definition) is 5. The van der Waals surface area contributed by atoms with E-state index >= 15 is 0 Å². The summed E-state index contributed by atoms with van der Waals surface area (Å²) in [6, 6.07) is 0. The standard InChI is InChI=1S/C10H9ClF2N2O4/c1-2-19-7(16)3-5-8(10(12)13)14-4-6(11)9(5)15(17)18/h4,10H,2-3H2,1H3. The number of nitro groups is 1. The van der Waals surface area contributed by atoms with Crippen molar-refractivity contribution in [3.8, 4) is 0 Å². The Bertz CT molecular complexity index is 511. The minimum atomic E-state index is -3.06. The minimum absolute atomic E-state index is 0.0324. The van der Waals surface area contributed by atoms with Gasteiger partial charge in [-0.25, -0.2) is 8.78 Å². The normalized spacial score (nSPS) is 10.6. The van der Waals surface area contributed by atoms with Crippen molar-refractivity contribution in [2.75, 3.05) is 6.61 Å². The van der Waals surface area contributed by atoms with E-state index in [-0.39, 0.29) is 6.61 Å². The summed E-state index contributed by atoms with van der Waals surface area (Å²) in [5, 5.41) is 10.4. The zero-order valence-electron chi connectivity index (χ0n) is 9.73. The zero-order chi connectivity index (χ0) is 14.6. The molecule has 0 aliphatic heterocycles. The average molecular weight is 295 g/mol. The summed E-state index contributed by atoms with van der Waals surface area (Å²) in [5.41, 5.74) is -2.12. The van der Waals surface area contributed by atoms with Crippen LogP contribution in [-0.4, -0.2) is 22.5 Å². The molecule has 0 saturated carbocycles. The summed E-state index contributed by atoms with van der Waals surface area (Å²) in [4.78, 5) is 24.6. The van der Waals surface area contributed by atoms with Crippen LogP contribution in [0.5, 0.6) is 0 Å². The van der Waals surface area contributed by atoms with Crippen LogP contribution >= 0.6 is 11.6 Å². The minimum Gasteiger partial charge on any atom is -0.466 e. The van der Waals surface area contributed by atoms with Gasteiger partial charge in [0.05, 0.1) is 29.7 Å². The van der Waals surface area contributed by atoms with Gasteiger partial charge < -0.3 is 4.74 Å². The van der Waals surface area contributed by atoms with Crippen molar-refractivity contribution in [1.82, 2.24) is 4.98 Å². The molecule has 19 heavy (non-hydrogen) atoms. The monoisotopic (exact) mass is 294 g/mol. The van der Waals surface area contributed by atoms with Crippen LogP contribution in [0, 0.1) is 10.1 Å². The van der Waals surface area contributed by atoms with Gasteiger partial charge in [-0.05, 0) is 6.92 Å². The molecule has 0 aliphatic carbocycles. The highest BCUT2D eigenvalue weighted by atomic mass is 35.5. The molecule has 0 unspecified atom stereocenters. The highest BCUT2D eigenvalue weighted by Gasteiger charge is 2.29. The van der Waals surface area contributed by atoms with Gasteiger partial charge in [0.1, 0.15) is 10.7 Å². The number of carbonyl (C=O) groups is 1. The van der Waals surface area contributed by atoms with E-state index < -0.39 is 45.7 Å². The summed E-state index contributed by atoms with van der Waals surface area (Å²) in [6.07, 6.45) is -2.98. The third kappa shape index (κ3) is 3.57. The summed E-state index contributed by atoms with van der Waals surface area (Å²) in [7, 11) is 0. The average Bonchev–Trinajstić information content (AvgIpc) is 2.28. The van der Waals surface area contributed by atoms with Gasteiger partial charge in [-0.1, -0.05) is 11.6 Å². The number of carbonyl (C=O) groups excluding carboxylic acids is 1. The Balaban J connectivity index is 3.33. The molecule has 0 bridgehead atoms. The topological polar surface area (TPSA) is 82.3 Å². The number of ether oxygens (including phenoxy) is 1. The fourth-order valence-electron chi connectivity index (χ4n) is 1.45. The van der Waals surface area contributed by atoms with Crippen molar-refractivity contribution in [3.63, 3.8) is 0 Å². The lowest BCUT2D eigenvalue weighted by molar-refractivity contribution is -0.385. The largest absolute Gasteiger partial charge is 0.466 e. The zero-order valence-corrected chi connectivity index (χ0v) is 10.5. The van der Waals surface area contributed by atoms with Crippen LogP contribution in [0.3, 0.4) is 0 Å². The molecular weight excluding hydrogens is 286 g/mol. The van der Waals surface area contributed by atoms with E-state index in [0.717, 1.165) is 6.20 Å². The molecule has 0 aromatic carbocycles. The lowest BCUT2D eigenvalue weighted by atomic mass is 10.1. The molecule has 1 rings (SSSR count). The quantitative estimate of drug-likeness (QED) is 0.474. The molecule has 104 valence electrons. The second kappa shape index (κ2) is 6.37. The molecular formula is C10H9ClF2N2O4. The summed E-state index contributed by atoms with van der Waals surface area (Å²) >= 11 is 5.56. The van der Waals surface area contributed by atoms with Crippen LogP contribution in [0.2, 0.25) is 5.02 Å². The van der Waals surface area contributed by atoms with E-state index in [1.807, 2.05) is 0 Å². The molecule has 0 radical (unpaired) electrons. The first-order valence-electron chi connectivity index (χ1n) is 5.13. The molecule has 1 heterocycles. The van der Waals surface area contributed by atoms with E-state index in [2.05, 4.69) is 9.72 Å². The maximum absolute atomic E-state index is 12.8. The van der Waals surface area contributed by atoms with E-state index in [1.165, 1.54) is 6.92 Å². The fraction of sp³-hybridized carbons (Fsp3) is 0.400. The fourth-order valence-corrected chi connectivity index (χ4v) is 1.68. The second-order valence-electron chi connectivity index (χ2n) is 3.36. The Hall–Kier alpha value is -1.83. The molecule has 0 saturated heterocycles. The predicted octanol–water partition coefficient (Wildman–Crippen LogP) is 2.69. The maximum Gasteiger partial charge on any atom is 0.310 e. The van der Waals surface area contributed by atoms with Gasteiger partial charge in [0.2, 0.25) is 0 Å². The molecule has 1 aromatic rings. The lowest BCUT2D eigenvalue weighted by Gasteiger charge is -2.09. The van der Waals surface area contributed by atoms with Gasteiger partial charge >= 0.3 is 5.97 Å². The molecule has 0 N–H and O–H groups in total. The number of hydrogen-bond donors (Lipinski definition) is 0. The first kappa shape index (κ1) is 15.2. The van der Waals surface area contributed by atoms with E-state index in [1.54, 1.807) is 0 Å².